The molecule has 0 spiro atoms. The van der Waals surface area contributed by atoms with Crippen molar-refractivity contribution in [1.82, 2.24) is 0 Å². The van der Waals surface area contributed by atoms with Crippen molar-refractivity contribution in [3.63, 3.8) is 0 Å². The molecule has 2 aromatic carbocycles. The maximum atomic E-state index is 10.5. The molecule has 0 bridgehead atoms. The van der Waals surface area contributed by atoms with Crippen LogP contribution in [0.3, 0.4) is 0 Å². The molecule has 0 aliphatic heterocycles. The third-order valence-electron chi connectivity index (χ3n) is 5.20. The van der Waals surface area contributed by atoms with Gasteiger partial charge in [0.05, 0.1) is 0 Å². The summed E-state index contributed by atoms with van der Waals surface area (Å²) in [7, 11) is -0.115. The number of rotatable bonds is 10. The molecular weight excluding hydrogens is 419 g/mol. The van der Waals surface area contributed by atoms with E-state index in [0.717, 1.165) is 5.56 Å². The molecule has 0 aromatic heterocycles. The van der Waals surface area contributed by atoms with Gasteiger partial charge >= 0.3 is 171 Å². The standard InChI is InChI=1S/C22H32O3SeSi/c1-5-19(24)18-13-9-10-14-21(18)26-22(20(25-2)15-16-23)27(3,4)17-11-7-6-8-12-17/h6-14,19-20,22-24H,5,15-16H2,1-4H3/t19-,20-,22+/m0/s1. The zero-order valence-electron chi connectivity index (χ0n) is 16.8. The Morgan fingerprint density at radius 2 is 1.67 bits per heavy atom. The third-order valence-corrected chi connectivity index (χ3v) is 15.6. The van der Waals surface area contributed by atoms with Gasteiger partial charge < -0.3 is 0 Å². The molecule has 0 fully saturated rings. The normalized spacial score (nSPS) is 15.3. The molecule has 3 nitrogen and oxygen atoms in total. The zero-order chi connectivity index (χ0) is 19.9. The average molecular weight is 452 g/mol. The van der Waals surface area contributed by atoms with Crippen molar-refractivity contribution >= 4 is 32.7 Å². The molecule has 2 N–H and O–H groups in total. The number of ether oxygens (including phenoxy) is 1. The predicted molar refractivity (Wildman–Crippen MR) is 117 cm³/mol. The van der Waals surface area contributed by atoms with Gasteiger partial charge in [0.1, 0.15) is 0 Å². The van der Waals surface area contributed by atoms with Gasteiger partial charge in [-0.1, -0.05) is 0 Å². The van der Waals surface area contributed by atoms with Crippen LogP contribution < -0.4 is 9.65 Å². The molecule has 0 heterocycles. The summed E-state index contributed by atoms with van der Waals surface area (Å²) in [6.45, 7) is 6.94. The molecule has 0 unspecified atom stereocenters. The molecule has 3 atom stereocenters. The minimum atomic E-state index is -1.87. The van der Waals surface area contributed by atoms with Crippen LogP contribution in [-0.2, 0) is 4.74 Å². The van der Waals surface area contributed by atoms with Crippen LogP contribution in [0.15, 0.2) is 54.6 Å². The van der Waals surface area contributed by atoms with E-state index in [1.807, 2.05) is 19.1 Å². The molecule has 0 aliphatic carbocycles. The van der Waals surface area contributed by atoms with E-state index >= 15 is 0 Å². The van der Waals surface area contributed by atoms with E-state index in [2.05, 4.69) is 55.6 Å². The van der Waals surface area contributed by atoms with Gasteiger partial charge in [0.25, 0.3) is 0 Å². The monoisotopic (exact) mass is 452 g/mol. The molecule has 0 amide bonds. The summed E-state index contributed by atoms with van der Waals surface area (Å²) in [4.78, 5) is 0. The van der Waals surface area contributed by atoms with E-state index in [4.69, 9.17) is 4.74 Å². The number of aliphatic hydroxyl groups excluding tert-OH is 2. The van der Waals surface area contributed by atoms with Gasteiger partial charge in [-0.25, -0.2) is 0 Å². The second kappa shape index (κ2) is 10.6. The van der Waals surface area contributed by atoms with Crippen molar-refractivity contribution < 1.29 is 14.9 Å². The Bertz CT molecular complexity index is 693. The van der Waals surface area contributed by atoms with Crippen molar-refractivity contribution in [3.8, 4) is 0 Å². The van der Waals surface area contributed by atoms with E-state index < -0.39 is 14.2 Å². The van der Waals surface area contributed by atoms with Gasteiger partial charge in [-0.05, 0) is 0 Å². The van der Waals surface area contributed by atoms with Gasteiger partial charge in [0, 0.05) is 0 Å². The Balaban J connectivity index is 2.46. The minimum absolute atomic E-state index is 0.0173. The van der Waals surface area contributed by atoms with E-state index in [1.165, 1.54) is 9.65 Å². The van der Waals surface area contributed by atoms with Crippen LogP contribution in [0.1, 0.15) is 31.4 Å². The average Bonchev–Trinajstić information content (AvgIpc) is 2.70. The number of hydrogen-bond donors (Lipinski definition) is 2. The second-order valence-electron chi connectivity index (χ2n) is 7.37. The van der Waals surface area contributed by atoms with E-state index in [0.29, 0.717) is 17.3 Å². The molecule has 0 radical (unpaired) electrons. The van der Waals surface area contributed by atoms with Crippen LogP contribution in [0.4, 0.5) is 0 Å². The second-order valence-corrected chi connectivity index (χ2v) is 15.4. The first-order valence-corrected chi connectivity index (χ1v) is 14.5. The quantitative estimate of drug-likeness (QED) is 0.547. The van der Waals surface area contributed by atoms with Gasteiger partial charge in [-0.3, -0.25) is 0 Å². The predicted octanol–water partition coefficient (Wildman–Crippen LogP) is 2.80. The first-order chi connectivity index (χ1) is 13.0. The summed E-state index contributed by atoms with van der Waals surface area (Å²) < 4.78 is 7.49. The van der Waals surface area contributed by atoms with Gasteiger partial charge in [-0.15, -0.1) is 0 Å². The maximum absolute atomic E-state index is 10.5. The molecule has 0 saturated heterocycles. The van der Waals surface area contributed by atoms with Crippen LogP contribution in [0.2, 0.25) is 17.5 Å². The van der Waals surface area contributed by atoms with E-state index in [1.54, 1.807) is 7.11 Å². The molecule has 27 heavy (non-hydrogen) atoms. The molecule has 0 saturated carbocycles. The fourth-order valence-electron chi connectivity index (χ4n) is 3.46. The molecular formula is C22H32O3SeSi. The summed E-state index contributed by atoms with van der Waals surface area (Å²) in [5.41, 5.74) is 1.04. The Morgan fingerprint density at radius 3 is 2.26 bits per heavy atom. The van der Waals surface area contributed by atoms with Crippen molar-refractivity contribution in [1.29, 1.82) is 0 Å². The Kier molecular flexibility index (Phi) is 8.74. The molecule has 2 rings (SSSR count). The van der Waals surface area contributed by atoms with Gasteiger partial charge in [0.2, 0.25) is 0 Å². The van der Waals surface area contributed by atoms with Crippen molar-refractivity contribution in [2.45, 2.75) is 49.5 Å². The number of hydrogen-bond acceptors (Lipinski definition) is 3. The van der Waals surface area contributed by atoms with Crippen molar-refractivity contribution in [2.24, 2.45) is 0 Å². The number of methoxy groups -OCH3 is 1. The van der Waals surface area contributed by atoms with Gasteiger partial charge in [0.15, 0.2) is 0 Å². The van der Waals surface area contributed by atoms with Crippen LogP contribution in [-0.4, -0.2) is 53.1 Å². The first kappa shape index (κ1) is 22.3. The number of aliphatic hydroxyl groups is 2. The van der Waals surface area contributed by atoms with Crippen LogP contribution >= 0.6 is 0 Å². The number of benzene rings is 2. The Hall–Kier alpha value is -0.944. The van der Waals surface area contributed by atoms with Crippen molar-refractivity contribution in [2.75, 3.05) is 13.7 Å². The molecule has 0 aliphatic rings. The summed E-state index contributed by atoms with van der Waals surface area (Å²) >= 11 is 0.133. The molecule has 148 valence electrons. The van der Waals surface area contributed by atoms with Crippen molar-refractivity contribution in [3.05, 3.63) is 60.2 Å². The third kappa shape index (κ3) is 5.53. The van der Waals surface area contributed by atoms with Crippen LogP contribution in [0.25, 0.3) is 0 Å². The fraction of sp³-hybridized carbons (Fsp3) is 0.455. The molecule has 5 heteroatoms. The topological polar surface area (TPSA) is 49.7 Å². The summed E-state index contributed by atoms with van der Waals surface area (Å²) in [5.74, 6) is 0. The summed E-state index contributed by atoms with van der Waals surface area (Å²) in [6, 6.07) is 19.0. The Labute approximate surface area is 171 Å². The van der Waals surface area contributed by atoms with E-state index in [-0.39, 0.29) is 27.7 Å². The Morgan fingerprint density at radius 1 is 1.04 bits per heavy atom. The SMILES string of the molecule is CC[C@H](O)c1ccccc1[Se][C@@H]([C@H](CCO)OC)[Si](C)(C)c1ccccc1. The van der Waals surface area contributed by atoms with Crippen LogP contribution in [0.5, 0.6) is 0 Å². The van der Waals surface area contributed by atoms with Gasteiger partial charge in [-0.2, -0.15) is 0 Å². The van der Waals surface area contributed by atoms with Crippen LogP contribution in [0, 0.1) is 0 Å². The summed E-state index contributed by atoms with van der Waals surface area (Å²) in [6.07, 6.45) is 0.944. The first-order valence-electron chi connectivity index (χ1n) is 9.58. The zero-order valence-corrected chi connectivity index (χ0v) is 19.5. The summed E-state index contributed by atoms with van der Waals surface area (Å²) in [5, 5.41) is 21.5. The van der Waals surface area contributed by atoms with E-state index in [9.17, 15) is 10.2 Å². The molecule has 2 aromatic rings. The fourth-order valence-corrected chi connectivity index (χ4v) is 12.2.